The maximum atomic E-state index is 11.2. The third-order valence-corrected chi connectivity index (χ3v) is 4.13. The van der Waals surface area contributed by atoms with Gasteiger partial charge in [0.1, 0.15) is 5.01 Å². The number of halogens is 2. The molecule has 2 aromatic heterocycles. The molecule has 0 atom stereocenters. The SMILES string of the molecule is O=C(Cl)Cc1ccccc1-c1nn2c(CC(=O)Cl)nnc2s1. The Balaban J connectivity index is 2.06. The molecule has 0 amide bonds. The monoisotopic (exact) mass is 354 g/mol. The fraction of sp³-hybridized carbons (Fsp3) is 0.154. The second-order valence-electron chi connectivity index (χ2n) is 4.44. The molecule has 3 rings (SSSR count). The predicted octanol–water partition coefficient (Wildman–Crippen LogP) is 2.47. The molecule has 0 aliphatic rings. The van der Waals surface area contributed by atoms with E-state index in [1.54, 1.807) is 0 Å². The molecule has 0 bridgehead atoms. The van der Waals surface area contributed by atoms with E-state index in [0.29, 0.717) is 15.8 Å². The Hall–Kier alpha value is -1.83. The van der Waals surface area contributed by atoms with E-state index in [9.17, 15) is 9.59 Å². The average molecular weight is 355 g/mol. The van der Waals surface area contributed by atoms with E-state index in [-0.39, 0.29) is 12.8 Å². The number of carbonyl (C=O) groups excluding carboxylic acids is 2. The largest absolute Gasteiger partial charge is 0.281 e. The van der Waals surface area contributed by atoms with Crippen molar-refractivity contribution in [3.05, 3.63) is 35.7 Å². The molecule has 0 aliphatic carbocycles. The smallest absolute Gasteiger partial charge is 0.234 e. The van der Waals surface area contributed by atoms with Crippen LogP contribution in [-0.4, -0.2) is 30.3 Å². The second kappa shape index (κ2) is 6.12. The van der Waals surface area contributed by atoms with Crippen molar-refractivity contribution in [1.82, 2.24) is 19.8 Å². The average Bonchev–Trinajstić information content (AvgIpc) is 3.00. The van der Waals surface area contributed by atoms with Crippen LogP contribution in [0.25, 0.3) is 15.5 Å². The lowest BCUT2D eigenvalue weighted by atomic mass is 10.1. The van der Waals surface area contributed by atoms with Crippen LogP contribution < -0.4 is 0 Å². The number of carbonyl (C=O) groups is 2. The Morgan fingerprint density at radius 3 is 2.55 bits per heavy atom. The molecule has 0 aliphatic heterocycles. The van der Waals surface area contributed by atoms with Crippen LogP contribution in [0.4, 0.5) is 0 Å². The van der Waals surface area contributed by atoms with Gasteiger partial charge in [-0.1, -0.05) is 35.6 Å². The van der Waals surface area contributed by atoms with Gasteiger partial charge in [-0.15, -0.1) is 10.2 Å². The molecule has 0 spiro atoms. The second-order valence-corrected chi connectivity index (χ2v) is 6.24. The molecule has 0 saturated carbocycles. The van der Waals surface area contributed by atoms with Gasteiger partial charge in [-0.05, 0) is 28.8 Å². The molecule has 0 unspecified atom stereocenters. The van der Waals surface area contributed by atoms with Crippen LogP contribution in [0, 0.1) is 0 Å². The number of rotatable bonds is 5. The molecule has 3 aromatic rings. The minimum absolute atomic E-state index is 0.0479. The van der Waals surface area contributed by atoms with Gasteiger partial charge in [0.2, 0.25) is 15.4 Å². The Bertz CT molecular complexity index is 874. The molecule has 112 valence electrons. The van der Waals surface area contributed by atoms with Crippen LogP contribution in [0.1, 0.15) is 11.4 Å². The summed E-state index contributed by atoms with van der Waals surface area (Å²) in [4.78, 5) is 22.7. The fourth-order valence-electron chi connectivity index (χ4n) is 2.03. The summed E-state index contributed by atoms with van der Waals surface area (Å²) in [6.07, 6.45) is 0.0681. The van der Waals surface area contributed by atoms with Crippen LogP contribution in [0.3, 0.4) is 0 Å². The molecule has 0 saturated heterocycles. The van der Waals surface area contributed by atoms with Crippen molar-refractivity contribution in [1.29, 1.82) is 0 Å². The van der Waals surface area contributed by atoms with E-state index < -0.39 is 10.5 Å². The van der Waals surface area contributed by atoms with E-state index >= 15 is 0 Å². The van der Waals surface area contributed by atoms with Crippen molar-refractivity contribution in [3.8, 4) is 10.6 Å². The van der Waals surface area contributed by atoms with Crippen molar-refractivity contribution in [2.24, 2.45) is 0 Å². The predicted molar refractivity (Wildman–Crippen MR) is 83.2 cm³/mol. The summed E-state index contributed by atoms with van der Waals surface area (Å²) in [7, 11) is 0. The molecule has 0 radical (unpaired) electrons. The normalized spacial score (nSPS) is 11.0. The molecule has 22 heavy (non-hydrogen) atoms. The lowest BCUT2D eigenvalue weighted by molar-refractivity contribution is -0.112. The van der Waals surface area contributed by atoms with Crippen molar-refractivity contribution in [3.63, 3.8) is 0 Å². The van der Waals surface area contributed by atoms with Gasteiger partial charge < -0.3 is 0 Å². The Kier molecular flexibility index (Phi) is 4.19. The van der Waals surface area contributed by atoms with Gasteiger partial charge in [0.15, 0.2) is 5.82 Å². The highest BCUT2D eigenvalue weighted by atomic mass is 35.5. The topological polar surface area (TPSA) is 77.2 Å². The third-order valence-electron chi connectivity index (χ3n) is 2.93. The Morgan fingerprint density at radius 2 is 1.82 bits per heavy atom. The van der Waals surface area contributed by atoms with Crippen molar-refractivity contribution in [2.75, 3.05) is 0 Å². The first kappa shape index (κ1) is 15.1. The summed E-state index contributed by atoms with van der Waals surface area (Å²) in [5, 5.41) is 12.0. The summed E-state index contributed by atoms with van der Waals surface area (Å²) < 4.78 is 1.49. The summed E-state index contributed by atoms with van der Waals surface area (Å²) in [6, 6.07) is 7.36. The van der Waals surface area contributed by atoms with Crippen LogP contribution >= 0.6 is 34.5 Å². The number of hydrogen-bond acceptors (Lipinski definition) is 6. The summed E-state index contributed by atoms with van der Waals surface area (Å²) in [6.45, 7) is 0. The Morgan fingerprint density at radius 1 is 1.09 bits per heavy atom. The summed E-state index contributed by atoms with van der Waals surface area (Å²) in [5.41, 5.74) is 1.58. The highest BCUT2D eigenvalue weighted by molar-refractivity contribution is 7.19. The van der Waals surface area contributed by atoms with Gasteiger partial charge in [-0.2, -0.15) is 9.61 Å². The van der Waals surface area contributed by atoms with Crippen LogP contribution in [-0.2, 0) is 22.4 Å². The third kappa shape index (κ3) is 3.01. The molecule has 2 heterocycles. The van der Waals surface area contributed by atoms with Gasteiger partial charge in [-0.25, -0.2) is 0 Å². The van der Waals surface area contributed by atoms with E-state index in [2.05, 4.69) is 15.3 Å². The van der Waals surface area contributed by atoms with Crippen LogP contribution in [0.2, 0.25) is 0 Å². The van der Waals surface area contributed by atoms with Gasteiger partial charge in [-0.3, -0.25) is 9.59 Å². The summed E-state index contributed by atoms with van der Waals surface area (Å²) >= 11 is 12.2. The van der Waals surface area contributed by atoms with Crippen LogP contribution in [0.5, 0.6) is 0 Å². The molecule has 6 nitrogen and oxygen atoms in total. The fourth-order valence-corrected chi connectivity index (χ4v) is 3.22. The van der Waals surface area contributed by atoms with Crippen molar-refractivity contribution in [2.45, 2.75) is 12.8 Å². The van der Waals surface area contributed by atoms with E-state index in [0.717, 1.165) is 11.1 Å². The lowest BCUT2D eigenvalue weighted by Gasteiger charge is -2.03. The maximum Gasteiger partial charge on any atom is 0.234 e. The zero-order chi connectivity index (χ0) is 15.7. The zero-order valence-electron chi connectivity index (χ0n) is 11.0. The van der Waals surface area contributed by atoms with Gasteiger partial charge in [0.05, 0.1) is 6.42 Å². The first-order valence-electron chi connectivity index (χ1n) is 6.20. The highest BCUT2D eigenvalue weighted by Crippen LogP contribution is 2.29. The molecular formula is C13H8Cl2N4O2S. The highest BCUT2D eigenvalue weighted by Gasteiger charge is 2.17. The minimum atomic E-state index is -0.531. The Labute approximate surface area is 138 Å². The number of hydrogen-bond donors (Lipinski definition) is 0. The quantitative estimate of drug-likeness (QED) is 0.657. The van der Waals surface area contributed by atoms with E-state index in [4.69, 9.17) is 23.2 Å². The lowest BCUT2D eigenvalue weighted by Crippen LogP contribution is -2.01. The molecule has 0 fully saturated rings. The standard InChI is InChI=1S/C13H8Cl2N4O2S/c14-9(20)5-7-3-1-2-4-8(7)12-18-19-11(6-10(15)21)16-17-13(19)22-12/h1-4H,5-6H2. The number of benzene rings is 1. The maximum absolute atomic E-state index is 11.2. The number of nitrogens with zero attached hydrogens (tertiary/aromatic N) is 4. The summed E-state index contributed by atoms with van der Waals surface area (Å²) in [5.74, 6) is 0.378. The number of fused-ring (bicyclic) bond motifs is 1. The number of aromatic nitrogens is 4. The first-order valence-corrected chi connectivity index (χ1v) is 7.78. The zero-order valence-corrected chi connectivity index (χ0v) is 13.3. The molecular weight excluding hydrogens is 347 g/mol. The van der Waals surface area contributed by atoms with Crippen molar-refractivity contribution < 1.29 is 9.59 Å². The van der Waals surface area contributed by atoms with Crippen LogP contribution in [0.15, 0.2) is 24.3 Å². The minimum Gasteiger partial charge on any atom is -0.281 e. The molecule has 1 aromatic carbocycles. The van der Waals surface area contributed by atoms with Gasteiger partial charge in [0.25, 0.3) is 0 Å². The van der Waals surface area contributed by atoms with E-state index in [1.807, 2.05) is 24.3 Å². The first-order chi connectivity index (χ1) is 10.5. The molecule has 9 heteroatoms. The van der Waals surface area contributed by atoms with Crippen molar-refractivity contribution >= 4 is 50.0 Å². The van der Waals surface area contributed by atoms with E-state index in [1.165, 1.54) is 15.9 Å². The molecule has 0 N–H and O–H groups in total. The van der Waals surface area contributed by atoms with Gasteiger partial charge >= 0.3 is 0 Å². The van der Waals surface area contributed by atoms with Gasteiger partial charge in [0, 0.05) is 12.0 Å².